The Bertz CT molecular complexity index is 647. The highest BCUT2D eigenvalue weighted by Crippen LogP contribution is 2.34. The molecule has 2 heterocycles. The second-order valence-corrected chi connectivity index (χ2v) is 6.37. The Morgan fingerprint density at radius 3 is 2.95 bits per heavy atom. The number of nitrogens with zero attached hydrogens (tertiary/aromatic N) is 1. The van der Waals surface area contributed by atoms with Crippen molar-refractivity contribution in [2.45, 2.75) is 25.9 Å². The van der Waals surface area contributed by atoms with Crippen LogP contribution in [0.5, 0.6) is 0 Å². The molecular weight excluding hydrogens is 284 g/mol. The molecule has 4 nitrogen and oxygen atoms in total. The summed E-state index contributed by atoms with van der Waals surface area (Å²) in [6.07, 6.45) is 2.29. The van der Waals surface area contributed by atoms with E-state index in [1.807, 2.05) is 36.1 Å². The number of fused-ring (bicyclic) bond motifs is 1. The maximum atomic E-state index is 12.8. The van der Waals surface area contributed by atoms with Gasteiger partial charge in [-0.05, 0) is 25.8 Å². The van der Waals surface area contributed by atoms with E-state index in [4.69, 9.17) is 10.5 Å². The summed E-state index contributed by atoms with van der Waals surface area (Å²) in [5, 5.41) is 0.971. The Morgan fingerprint density at radius 1 is 1.48 bits per heavy atom. The van der Waals surface area contributed by atoms with Crippen molar-refractivity contribution < 1.29 is 9.53 Å². The summed E-state index contributed by atoms with van der Waals surface area (Å²) in [4.78, 5) is 15.2. The number of carbonyl (C=O) groups excluding carboxylic acids is 1. The minimum Gasteiger partial charge on any atom is -0.397 e. The number of thiophene rings is 1. The number of ether oxygens (including phenoxy) is 1. The summed E-state index contributed by atoms with van der Waals surface area (Å²) >= 11 is 1.48. The molecule has 1 atom stereocenters. The van der Waals surface area contributed by atoms with Crippen molar-refractivity contribution in [1.29, 1.82) is 0 Å². The lowest BCUT2D eigenvalue weighted by atomic mass is 10.2. The van der Waals surface area contributed by atoms with Gasteiger partial charge in [-0.15, -0.1) is 11.3 Å². The van der Waals surface area contributed by atoms with Gasteiger partial charge in [-0.25, -0.2) is 0 Å². The highest BCUT2D eigenvalue weighted by atomic mass is 32.1. The Kier molecular flexibility index (Phi) is 4.12. The third kappa shape index (κ3) is 2.76. The van der Waals surface area contributed by atoms with Crippen molar-refractivity contribution in [3.8, 4) is 0 Å². The molecule has 1 saturated heterocycles. The Balaban J connectivity index is 1.85. The van der Waals surface area contributed by atoms with Crippen molar-refractivity contribution in [2.24, 2.45) is 0 Å². The number of likely N-dealkylation sites (N-methyl/N-ethyl adjacent to an activating group) is 1. The number of amides is 1. The van der Waals surface area contributed by atoms with Crippen LogP contribution in [-0.4, -0.2) is 36.6 Å². The third-order valence-electron chi connectivity index (χ3n) is 3.95. The summed E-state index contributed by atoms with van der Waals surface area (Å²) in [5.41, 5.74) is 6.78. The van der Waals surface area contributed by atoms with Gasteiger partial charge in [0, 0.05) is 29.8 Å². The van der Waals surface area contributed by atoms with Crippen LogP contribution in [0.25, 0.3) is 10.1 Å². The standard InChI is InChI=1S/C16H20N2O2S/c1-2-18(10-11-6-5-9-20-11)16(19)15-14(17)12-7-3-4-8-13(12)21-15/h3-4,7-8,11H,2,5-6,9-10,17H2,1H3. The van der Waals surface area contributed by atoms with E-state index in [9.17, 15) is 4.79 Å². The molecule has 0 bridgehead atoms. The van der Waals surface area contributed by atoms with Crippen LogP contribution in [0.4, 0.5) is 5.69 Å². The van der Waals surface area contributed by atoms with Crippen LogP contribution >= 0.6 is 11.3 Å². The van der Waals surface area contributed by atoms with E-state index in [0.29, 0.717) is 23.7 Å². The molecule has 1 unspecified atom stereocenters. The topological polar surface area (TPSA) is 55.6 Å². The van der Waals surface area contributed by atoms with Crippen LogP contribution in [-0.2, 0) is 4.74 Å². The molecule has 1 aromatic heterocycles. The van der Waals surface area contributed by atoms with E-state index >= 15 is 0 Å². The normalized spacial score (nSPS) is 18.2. The second kappa shape index (κ2) is 6.03. The molecule has 5 heteroatoms. The lowest BCUT2D eigenvalue weighted by Crippen LogP contribution is -2.37. The Labute approximate surface area is 128 Å². The monoisotopic (exact) mass is 304 g/mol. The molecule has 0 saturated carbocycles. The van der Waals surface area contributed by atoms with Gasteiger partial charge < -0.3 is 15.4 Å². The third-order valence-corrected chi connectivity index (χ3v) is 5.12. The molecule has 1 aromatic carbocycles. The van der Waals surface area contributed by atoms with Gasteiger partial charge in [0.1, 0.15) is 4.88 Å². The van der Waals surface area contributed by atoms with Gasteiger partial charge in [-0.3, -0.25) is 4.79 Å². The molecule has 0 spiro atoms. The maximum absolute atomic E-state index is 12.8. The largest absolute Gasteiger partial charge is 0.397 e. The van der Waals surface area contributed by atoms with E-state index in [2.05, 4.69) is 0 Å². The Morgan fingerprint density at radius 2 is 2.29 bits per heavy atom. The number of rotatable bonds is 4. The van der Waals surface area contributed by atoms with Crippen LogP contribution in [0.2, 0.25) is 0 Å². The van der Waals surface area contributed by atoms with Crippen LogP contribution in [0.15, 0.2) is 24.3 Å². The predicted octanol–water partition coefficient (Wildman–Crippen LogP) is 3.12. The first kappa shape index (κ1) is 14.4. The van der Waals surface area contributed by atoms with Crippen molar-refractivity contribution >= 4 is 33.0 Å². The average molecular weight is 304 g/mol. The minimum atomic E-state index is 0.0201. The predicted molar refractivity (Wildman–Crippen MR) is 86.8 cm³/mol. The van der Waals surface area contributed by atoms with E-state index in [-0.39, 0.29) is 12.0 Å². The van der Waals surface area contributed by atoms with Crippen LogP contribution in [0.1, 0.15) is 29.4 Å². The zero-order valence-corrected chi connectivity index (χ0v) is 13.0. The molecule has 112 valence electrons. The first-order chi connectivity index (χ1) is 10.2. The Hall–Kier alpha value is -1.59. The summed E-state index contributed by atoms with van der Waals surface area (Å²) in [5.74, 6) is 0.0201. The van der Waals surface area contributed by atoms with Gasteiger partial charge in [-0.2, -0.15) is 0 Å². The average Bonchev–Trinajstić information content (AvgIpc) is 3.13. The second-order valence-electron chi connectivity index (χ2n) is 5.32. The molecule has 1 fully saturated rings. The maximum Gasteiger partial charge on any atom is 0.266 e. The van der Waals surface area contributed by atoms with Gasteiger partial charge >= 0.3 is 0 Å². The fourth-order valence-electron chi connectivity index (χ4n) is 2.76. The number of nitrogens with two attached hydrogens (primary N) is 1. The zero-order valence-electron chi connectivity index (χ0n) is 12.2. The van der Waals surface area contributed by atoms with Gasteiger partial charge in [0.05, 0.1) is 11.8 Å². The number of nitrogen functional groups attached to an aromatic ring is 1. The number of hydrogen-bond donors (Lipinski definition) is 1. The van der Waals surface area contributed by atoms with E-state index in [0.717, 1.165) is 29.5 Å². The van der Waals surface area contributed by atoms with Crippen LogP contribution < -0.4 is 5.73 Å². The van der Waals surface area contributed by atoms with Crippen molar-refractivity contribution in [3.63, 3.8) is 0 Å². The molecule has 0 radical (unpaired) electrons. The zero-order chi connectivity index (χ0) is 14.8. The summed E-state index contributed by atoms with van der Waals surface area (Å²) in [6, 6.07) is 7.89. The first-order valence-electron chi connectivity index (χ1n) is 7.38. The highest BCUT2D eigenvalue weighted by Gasteiger charge is 2.25. The molecule has 0 aliphatic carbocycles. The molecule has 3 rings (SSSR count). The van der Waals surface area contributed by atoms with Gasteiger partial charge in [0.2, 0.25) is 0 Å². The summed E-state index contributed by atoms with van der Waals surface area (Å²) < 4.78 is 6.70. The van der Waals surface area contributed by atoms with E-state index < -0.39 is 0 Å². The molecule has 1 aliphatic heterocycles. The highest BCUT2D eigenvalue weighted by molar-refractivity contribution is 7.21. The number of hydrogen-bond acceptors (Lipinski definition) is 4. The summed E-state index contributed by atoms with van der Waals surface area (Å²) in [7, 11) is 0. The first-order valence-corrected chi connectivity index (χ1v) is 8.20. The molecule has 2 aromatic rings. The van der Waals surface area contributed by atoms with Crippen LogP contribution in [0.3, 0.4) is 0 Å². The molecular formula is C16H20N2O2S. The van der Waals surface area contributed by atoms with Crippen molar-refractivity contribution in [1.82, 2.24) is 4.90 Å². The lowest BCUT2D eigenvalue weighted by molar-refractivity contribution is 0.0543. The van der Waals surface area contributed by atoms with Gasteiger partial charge in [0.25, 0.3) is 5.91 Å². The van der Waals surface area contributed by atoms with Crippen molar-refractivity contribution in [2.75, 3.05) is 25.4 Å². The molecule has 2 N–H and O–H groups in total. The van der Waals surface area contributed by atoms with E-state index in [1.54, 1.807) is 0 Å². The van der Waals surface area contributed by atoms with Crippen molar-refractivity contribution in [3.05, 3.63) is 29.1 Å². The van der Waals surface area contributed by atoms with Gasteiger partial charge in [0.15, 0.2) is 0 Å². The van der Waals surface area contributed by atoms with Crippen LogP contribution in [0, 0.1) is 0 Å². The fraction of sp³-hybridized carbons (Fsp3) is 0.438. The molecule has 21 heavy (non-hydrogen) atoms. The SMILES string of the molecule is CCN(CC1CCCO1)C(=O)c1sc2ccccc2c1N. The summed E-state index contributed by atoms with van der Waals surface area (Å²) in [6.45, 7) is 4.13. The number of anilines is 1. The number of benzene rings is 1. The lowest BCUT2D eigenvalue weighted by Gasteiger charge is -2.23. The fourth-order valence-corrected chi connectivity index (χ4v) is 3.85. The van der Waals surface area contributed by atoms with Gasteiger partial charge in [-0.1, -0.05) is 18.2 Å². The molecule has 1 aliphatic rings. The number of carbonyl (C=O) groups is 1. The minimum absolute atomic E-state index is 0.0201. The molecule has 1 amide bonds. The van der Waals surface area contributed by atoms with E-state index in [1.165, 1.54) is 11.3 Å². The quantitative estimate of drug-likeness (QED) is 0.944. The smallest absolute Gasteiger partial charge is 0.266 e.